The van der Waals surface area contributed by atoms with Crippen LogP contribution in [0.25, 0.3) is 0 Å². The molecule has 0 saturated heterocycles. The lowest BCUT2D eigenvalue weighted by molar-refractivity contribution is 0.510. The Balaban J connectivity index is 3.30. The molecule has 0 radical (unpaired) electrons. The molecule has 1 unspecified atom stereocenters. The molecule has 0 amide bonds. The van der Waals surface area contributed by atoms with Crippen molar-refractivity contribution >= 4 is 11.6 Å². The van der Waals surface area contributed by atoms with Gasteiger partial charge in [-0.3, -0.25) is 0 Å². The van der Waals surface area contributed by atoms with Gasteiger partial charge in [0.05, 0.1) is 0 Å². The molecular weight excluding hydrogens is 168 g/mol. The van der Waals surface area contributed by atoms with Crippen molar-refractivity contribution in [2.75, 3.05) is 5.88 Å². The average Bonchev–Trinajstić information content (AvgIpc) is 2.10. The topological polar surface area (TPSA) is 0 Å². The Kier molecular flexibility index (Phi) is 8.69. The third-order valence-corrected chi connectivity index (χ3v) is 2.43. The second kappa shape index (κ2) is 8.86. The van der Waals surface area contributed by atoms with Crippen molar-refractivity contribution in [1.29, 1.82) is 0 Å². The van der Waals surface area contributed by atoms with Gasteiger partial charge in [-0.2, -0.15) is 0 Å². The van der Waals surface area contributed by atoms with Gasteiger partial charge in [0.25, 0.3) is 0 Å². The van der Waals surface area contributed by atoms with Crippen molar-refractivity contribution in [3.05, 3.63) is 25.3 Å². The van der Waals surface area contributed by atoms with Gasteiger partial charge in [0.1, 0.15) is 0 Å². The monoisotopic (exact) mass is 186 g/mol. The maximum atomic E-state index is 5.79. The molecule has 1 heteroatoms. The van der Waals surface area contributed by atoms with Crippen LogP contribution in [0.2, 0.25) is 0 Å². The Morgan fingerprint density at radius 2 is 1.92 bits per heavy atom. The number of hydrogen-bond acceptors (Lipinski definition) is 0. The van der Waals surface area contributed by atoms with Crippen LogP contribution in [0, 0.1) is 5.92 Å². The maximum absolute atomic E-state index is 5.79. The zero-order valence-electron chi connectivity index (χ0n) is 7.77. The molecule has 0 aliphatic carbocycles. The summed E-state index contributed by atoms with van der Waals surface area (Å²) in [5, 5.41) is 0. The van der Waals surface area contributed by atoms with Crippen molar-refractivity contribution in [3.63, 3.8) is 0 Å². The number of unbranched alkanes of at least 4 members (excludes halogenated alkanes) is 2. The summed E-state index contributed by atoms with van der Waals surface area (Å²) in [6.07, 6.45) is 9.85. The van der Waals surface area contributed by atoms with Crippen LogP contribution in [0.4, 0.5) is 0 Å². The molecule has 12 heavy (non-hydrogen) atoms. The van der Waals surface area contributed by atoms with Crippen LogP contribution < -0.4 is 0 Å². The van der Waals surface area contributed by atoms with E-state index in [2.05, 4.69) is 13.2 Å². The Labute approximate surface area is 81.3 Å². The van der Waals surface area contributed by atoms with E-state index in [4.69, 9.17) is 11.6 Å². The van der Waals surface area contributed by atoms with E-state index in [-0.39, 0.29) is 0 Å². The number of hydrogen-bond donors (Lipinski definition) is 0. The first-order valence-corrected chi connectivity index (χ1v) is 5.16. The highest BCUT2D eigenvalue weighted by atomic mass is 35.5. The molecule has 0 rings (SSSR count). The Hall–Kier alpha value is -0.230. The summed E-state index contributed by atoms with van der Waals surface area (Å²) in [4.78, 5) is 0. The van der Waals surface area contributed by atoms with Crippen LogP contribution in [0.1, 0.15) is 32.1 Å². The zero-order valence-corrected chi connectivity index (χ0v) is 8.52. The molecule has 0 spiro atoms. The van der Waals surface area contributed by atoms with Crippen molar-refractivity contribution in [1.82, 2.24) is 0 Å². The largest absolute Gasteiger partial charge is 0.126 e. The molecule has 0 saturated carbocycles. The van der Waals surface area contributed by atoms with E-state index >= 15 is 0 Å². The van der Waals surface area contributed by atoms with E-state index in [1.54, 1.807) is 0 Å². The first-order valence-electron chi connectivity index (χ1n) is 4.62. The number of alkyl halides is 1. The molecule has 0 heterocycles. The maximum Gasteiger partial charge on any atom is 0.0254 e. The second-order valence-electron chi connectivity index (χ2n) is 3.12. The van der Waals surface area contributed by atoms with Gasteiger partial charge in [-0.15, -0.1) is 24.8 Å². The van der Waals surface area contributed by atoms with Gasteiger partial charge in [-0.1, -0.05) is 18.6 Å². The summed E-state index contributed by atoms with van der Waals surface area (Å²) >= 11 is 5.79. The fourth-order valence-electron chi connectivity index (χ4n) is 1.22. The molecule has 0 aromatic heterocycles. The minimum atomic E-state index is 0.633. The lowest BCUT2D eigenvalue weighted by Crippen LogP contribution is -2.00. The Morgan fingerprint density at radius 3 is 2.42 bits per heavy atom. The quantitative estimate of drug-likeness (QED) is 0.303. The van der Waals surface area contributed by atoms with E-state index in [1.165, 1.54) is 19.3 Å². The van der Waals surface area contributed by atoms with Gasteiger partial charge in [0, 0.05) is 5.88 Å². The van der Waals surface area contributed by atoms with Gasteiger partial charge in [0.15, 0.2) is 0 Å². The van der Waals surface area contributed by atoms with E-state index in [0.717, 1.165) is 18.7 Å². The van der Waals surface area contributed by atoms with Gasteiger partial charge >= 0.3 is 0 Å². The summed E-state index contributed by atoms with van der Waals surface area (Å²) < 4.78 is 0. The molecule has 0 fully saturated rings. The average molecular weight is 187 g/mol. The molecule has 70 valence electrons. The van der Waals surface area contributed by atoms with Crippen molar-refractivity contribution in [2.45, 2.75) is 32.1 Å². The Bertz CT molecular complexity index is 118. The molecular formula is C11H19Cl. The lowest BCUT2D eigenvalue weighted by Gasteiger charge is -2.09. The molecule has 0 aromatic rings. The first kappa shape index (κ1) is 11.8. The molecule has 0 aliphatic heterocycles. The zero-order chi connectivity index (χ0) is 9.23. The van der Waals surface area contributed by atoms with E-state index in [1.807, 2.05) is 12.2 Å². The van der Waals surface area contributed by atoms with Crippen LogP contribution in [-0.4, -0.2) is 5.88 Å². The number of halogens is 1. The van der Waals surface area contributed by atoms with Crippen molar-refractivity contribution in [2.24, 2.45) is 5.92 Å². The molecule has 0 aromatic carbocycles. The van der Waals surface area contributed by atoms with Crippen molar-refractivity contribution in [3.8, 4) is 0 Å². The summed E-state index contributed by atoms with van der Waals surface area (Å²) in [6, 6.07) is 0. The highest BCUT2D eigenvalue weighted by Gasteiger charge is 2.03. The molecule has 1 atom stereocenters. The van der Waals surface area contributed by atoms with E-state index in [0.29, 0.717) is 5.92 Å². The van der Waals surface area contributed by atoms with Crippen molar-refractivity contribution < 1.29 is 0 Å². The smallest absolute Gasteiger partial charge is 0.0254 e. The van der Waals surface area contributed by atoms with Gasteiger partial charge in [-0.05, 0) is 31.6 Å². The molecule has 0 N–H and O–H groups in total. The predicted molar refractivity (Wildman–Crippen MR) is 57.7 cm³/mol. The lowest BCUT2D eigenvalue weighted by atomic mass is 10.00. The van der Waals surface area contributed by atoms with E-state index < -0.39 is 0 Å². The van der Waals surface area contributed by atoms with Crippen LogP contribution in [0.5, 0.6) is 0 Å². The fourth-order valence-corrected chi connectivity index (χ4v) is 1.50. The summed E-state index contributed by atoms with van der Waals surface area (Å²) in [5.74, 6) is 1.40. The second-order valence-corrected chi connectivity index (χ2v) is 3.43. The number of rotatable bonds is 8. The minimum Gasteiger partial charge on any atom is -0.126 e. The standard InChI is InChI=1S/C11H19Cl/c1-3-5-6-7-9-11(10-12)8-4-2/h3-4,11H,1-2,5-10H2. The molecule has 0 bridgehead atoms. The van der Waals surface area contributed by atoms with Gasteiger partial charge < -0.3 is 0 Å². The van der Waals surface area contributed by atoms with E-state index in [9.17, 15) is 0 Å². The summed E-state index contributed by atoms with van der Waals surface area (Å²) in [6.45, 7) is 7.41. The highest BCUT2D eigenvalue weighted by molar-refractivity contribution is 6.18. The highest BCUT2D eigenvalue weighted by Crippen LogP contribution is 2.15. The van der Waals surface area contributed by atoms with Crippen LogP contribution in [0.3, 0.4) is 0 Å². The van der Waals surface area contributed by atoms with Gasteiger partial charge in [0.2, 0.25) is 0 Å². The summed E-state index contributed by atoms with van der Waals surface area (Å²) in [7, 11) is 0. The Morgan fingerprint density at radius 1 is 1.17 bits per heavy atom. The van der Waals surface area contributed by atoms with Crippen LogP contribution in [-0.2, 0) is 0 Å². The van der Waals surface area contributed by atoms with Gasteiger partial charge in [-0.25, -0.2) is 0 Å². The normalized spacial score (nSPS) is 12.4. The minimum absolute atomic E-state index is 0.633. The SMILES string of the molecule is C=CCCCCC(CCl)CC=C. The molecule has 0 nitrogen and oxygen atoms in total. The fraction of sp³-hybridized carbons (Fsp3) is 0.636. The van der Waals surface area contributed by atoms with Crippen LogP contribution >= 0.6 is 11.6 Å². The predicted octanol–water partition coefficient (Wildman–Crippen LogP) is 4.16. The number of allylic oxidation sites excluding steroid dienone is 2. The molecule has 0 aliphatic rings. The first-order chi connectivity index (χ1) is 5.85. The third kappa shape index (κ3) is 6.48. The van der Waals surface area contributed by atoms with Crippen LogP contribution in [0.15, 0.2) is 25.3 Å². The third-order valence-electron chi connectivity index (χ3n) is 1.99. The summed E-state index contributed by atoms with van der Waals surface area (Å²) in [5.41, 5.74) is 0.